The molecule has 0 unspecified atom stereocenters. The molecule has 92 valence electrons. The SMILES string of the molecule is CC(C)N1CCN(C(C)(C)C)[C@H](CC#N)C1. The average molecular weight is 223 g/mol. The molecular weight excluding hydrogens is 198 g/mol. The predicted octanol–water partition coefficient (Wildman–Crippen LogP) is 2.09. The lowest BCUT2D eigenvalue weighted by atomic mass is 9.98. The van der Waals surface area contributed by atoms with Gasteiger partial charge in [-0.15, -0.1) is 0 Å². The predicted molar refractivity (Wildman–Crippen MR) is 67.2 cm³/mol. The van der Waals surface area contributed by atoms with Gasteiger partial charge in [0, 0.05) is 37.3 Å². The molecule has 1 rings (SSSR count). The first-order valence-electron chi connectivity index (χ1n) is 6.24. The van der Waals surface area contributed by atoms with Crippen molar-refractivity contribution in [3.63, 3.8) is 0 Å². The zero-order valence-corrected chi connectivity index (χ0v) is 11.3. The van der Waals surface area contributed by atoms with Crippen molar-refractivity contribution in [1.29, 1.82) is 5.26 Å². The molecule has 0 spiro atoms. The van der Waals surface area contributed by atoms with E-state index >= 15 is 0 Å². The number of nitrogens with zero attached hydrogens (tertiary/aromatic N) is 3. The van der Waals surface area contributed by atoms with E-state index in [2.05, 4.69) is 50.5 Å². The summed E-state index contributed by atoms with van der Waals surface area (Å²) in [5, 5.41) is 8.93. The van der Waals surface area contributed by atoms with Gasteiger partial charge in [0.15, 0.2) is 0 Å². The Morgan fingerprint density at radius 2 is 1.94 bits per heavy atom. The third-order valence-electron chi connectivity index (χ3n) is 3.43. The van der Waals surface area contributed by atoms with E-state index in [0.29, 0.717) is 18.5 Å². The van der Waals surface area contributed by atoms with Crippen molar-refractivity contribution >= 4 is 0 Å². The molecule has 0 aliphatic carbocycles. The molecule has 1 atom stereocenters. The van der Waals surface area contributed by atoms with E-state index in [1.807, 2.05) is 0 Å². The number of nitriles is 1. The number of hydrogen-bond donors (Lipinski definition) is 0. The van der Waals surface area contributed by atoms with Crippen molar-refractivity contribution < 1.29 is 0 Å². The van der Waals surface area contributed by atoms with Gasteiger partial charge in [0.05, 0.1) is 12.5 Å². The Balaban J connectivity index is 2.72. The molecule has 0 aromatic rings. The van der Waals surface area contributed by atoms with Gasteiger partial charge in [-0.25, -0.2) is 0 Å². The van der Waals surface area contributed by atoms with Gasteiger partial charge >= 0.3 is 0 Å². The summed E-state index contributed by atoms with van der Waals surface area (Å²) in [5.74, 6) is 0. The summed E-state index contributed by atoms with van der Waals surface area (Å²) in [6, 6.07) is 3.31. The van der Waals surface area contributed by atoms with E-state index < -0.39 is 0 Å². The fraction of sp³-hybridized carbons (Fsp3) is 0.923. The van der Waals surface area contributed by atoms with Gasteiger partial charge in [-0.3, -0.25) is 9.80 Å². The summed E-state index contributed by atoms with van der Waals surface area (Å²) in [4.78, 5) is 4.96. The van der Waals surface area contributed by atoms with Crippen molar-refractivity contribution in [2.45, 2.75) is 58.7 Å². The summed E-state index contributed by atoms with van der Waals surface area (Å²) >= 11 is 0. The highest BCUT2D eigenvalue weighted by molar-refractivity contribution is 4.94. The standard InChI is InChI=1S/C13H25N3/c1-11(2)15-8-9-16(13(3,4)5)12(10-15)6-7-14/h11-12H,6,8-10H2,1-5H3/t12-/m1/s1. The quantitative estimate of drug-likeness (QED) is 0.718. The second-order valence-corrected chi connectivity index (χ2v) is 5.97. The van der Waals surface area contributed by atoms with Crippen LogP contribution in [0.2, 0.25) is 0 Å². The number of piperazine rings is 1. The van der Waals surface area contributed by atoms with Crippen LogP contribution in [0.3, 0.4) is 0 Å². The fourth-order valence-corrected chi connectivity index (χ4v) is 2.51. The molecule has 1 aliphatic heterocycles. The van der Waals surface area contributed by atoms with E-state index in [1.54, 1.807) is 0 Å². The van der Waals surface area contributed by atoms with Crippen LogP contribution in [0.4, 0.5) is 0 Å². The molecule has 0 aromatic heterocycles. The largest absolute Gasteiger partial charge is 0.298 e. The van der Waals surface area contributed by atoms with E-state index in [0.717, 1.165) is 19.6 Å². The first-order chi connectivity index (χ1) is 7.36. The highest BCUT2D eigenvalue weighted by Gasteiger charge is 2.34. The monoisotopic (exact) mass is 223 g/mol. The van der Waals surface area contributed by atoms with Gasteiger partial charge < -0.3 is 0 Å². The van der Waals surface area contributed by atoms with E-state index in [4.69, 9.17) is 5.26 Å². The summed E-state index contributed by atoms with van der Waals surface area (Å²) in [5.41, 5.74) is 0.171. The Kier molecular flexibility index (Phi) is 4.35. The number of rotatable bonds is 2. The van der Waals surface area contributed by atoms with Gasteiger partial charge in [-0.05, 0) is 34.6 Å². The Labute approximate surface area is 100 Å². The lowest BCUT2D eigenvalue weighted by Crippen LogP contribution is -2.60. The Hall–Kier alpha value is -0.590. The first-order valence-corrected chi connectivity index (χ1v) is 6.24. The minimum Gasteiger partial charge on any atom is -0.298 e. The Morgan fingerprint density at radius 3 is 2.38 bits per heavy atom. The third kappa shape index (κ3) is 3.20. The first kappa shape index (κ1) is 13.5. The van der Waals surface area contributed by atoms with Crippen LogP contribution in [0.1, 0.15) is 41.0 Å². The van der Waals surface area contributed by atoms with Crippen LogP contribution in [0.25, 0.3) is 0 Å². The van der Waals surface area contributed by atoms with E-state index in [1.165, 1.54) is 0 Å². The second kappa shape index (κ2) is 5.16. The lowest BCUT2D eigenvalue weighted by Gasteiger charge is -2.48. The van der Waals surface area contributed by atoms with Crippen LogP contribution in [0.5, 0.6) is 0 Å². The van der Waals surface area contributed by atoms with Crippen molar-refractivity contribution in [2.24, 2.45) is 0 Å². The van der Waals surface area contributed by atoms with Gasteiger partial charge in [0.1, 0.15) is 0 Å². The number of hydrogen-bond acceptors (Lipinski definition) is 3. The topological polar surface area (TPSA) is 30.3 Å². The van der Waals surface area contributed by atoms with E-state index in [-0.39, 0.29) is 5.54 Å². The highest BCUT2D eigenvalue weighted by Crippen LogP contribution is 2.23. The van der Waals surface area contributed by atoms with Gasteiger partial charge in [0.2, 0.25) is 0 Å². The Morgan fingerprint density at radius 1 is 1.31 bits per heavy atom. The van der Waals surface area contributed by atoms with Crippen molar-refractivity contribution in [2.75, 3.05) is 19.6 Å². The summed E-state index contributed by atoms with van der Waals surface area (Å²) in [6.45, 7) is 14.4. The second-order valence-electron chi connectivity index (χ2n) is 5.97. The average Bonchev–Trinajstić information content (AvgIpc) is 2.16. The maximum Gasteiger partial charge on any atom is 0.0638 e. The molecule has 0 radical (unpaired) electrons. The van der Waals surface area contributed by atoms with E-state index in [9.17, 15) is 0 Å². The van der Waals surface area contributed by atoms with Crippen LogP contribution in [0, 0.1) is 11.3 Å². The molecule has 1 aliphatic rings. The molecule has 16 heavy (non-hydrogen) atoms. The van der Waals surface area contributed by atoms with Gasteiger partial charge in [0.25, 0.3) is 0 Å². The van der Waals surface area contributed by atoms with Crippen LogP contribution < -0.4 is 0 Å². The Bertz CT molecular complexity index is 259. The smallest absolute Gasteiger partial charge is 0.0638 e. The molecule has 3 heteroatoms. The fourth-order valence-electron chi connectivity index (χ4n) is 2.51. The zero-order chi connectivity index (χ0) is 12.3. The molecule has 1 saturated heterocycles. The molecule has 0 bridgehead atoms. The van der Waals surface area contributed by atoms with Crippen LogP contribution in [-0.2, 0) is 0 Å². The molecule has 0 amide bonds. The van der Waals surface area contributed by atoms with Gasteiger partial charge in [-0.2, -0.15) is 5.26 Å². The minimum absolute atomic E-state index is 0.171. The summed E-state index contributed by atoms with van der Waals surface area (Å²) in [6.07, 6.45) is 0.639. The molecule has 1 fully saturated rings. The van der Waals surface area contributed by atoms with Crippen LogP contribution in [0.15, 0.2) is 0 Å². The maximum absolute atomic E-state index is 8.93. The lowest BCUT2D eigenvalue weighted by molar-refractivity contribution is 0.00138. The summed E-state index contributed by atoms with van der Waals surface area (Å²) < 4.78 is 0. The minimum atomic E-state index is 0.171. The zero-order valence-electron chi connectivity index (χ0n) is 11.3. The van der Waals surface area contributed by atoms with Crippen molar-refractivity contribution in [1.82, 2.24) is 9.80 Å². The molecule has 1 heterocycles. The van der Waals surface area contributed by atoms with Crippen LogP contribution in [-0.4, -0.2) is 47.1 Å². The molecule has 3 nitrogen and oxygen atoms in total. The van der Waals surface area contributed by atoms with Crippen molar-refractivity contribution in [3.8, 4) is 6.07 Å². The third-order valence-corrected chi connectivity index (χ3v) is 3.43. The molecule has 0 aromatic carbocycles. The van der Waals surface area contributed by atoms with Crippen molar-refractivity contribution in [3.05, 3.63) is 0 Å². The normalized spacial score (nSPS) is 24.7. The molecular formula is C13H25N3. The highest BCUT2D eigenvalue weighted by atomic mass is 15.3. The van der Waals surface area contributed by atoms with Crippen LogP contribution >= 0.6 is 0 Å². The van der Waals surface area contributed by atoms with Gasteiger partial charge in [-0.1, -0.05) is 0 Å². The maximum atomic E-state index is 8.93. The summed E-state index contributed by atoms with van der Waals surface area (Å²) in [7, 11) is 0. The molecule has 0 N–H and O–H groups in total. The molecule has 0 saturated carbocycles.